The summed E-state index contributed by atoms with van der Waals surface area (Å²) in [5.41, 5.74) is 0. The molecule has 8 heteroatoms. The Kier molecular flexibility index (Phi) is 6.04. The second-order valence-electron chi connectivity index (χ2n) is 6.81. The first-order chi connectivity index (χ1) is 12.1. The molecule has 0 saturated carbocycles. The van der Waals surface area contributed by atoms with Gasteiger partial charge in [-0.2, -0.15) is 0 Å². The fourth-order valence-corrected chi connectivity index (χ4v) is 3.49. The van der Waals surface area contributed by atoms with Crippen LogP contribution in [0.25, 0.3) is 0 Å². The monoisotopic (exact) mass is 350 g/mol. The van der Waals surface area contributed by atoms with E-state index in [2.05, 4.69) is 20.7 Å². The molecule has 2 fully saturated rings. The van der Waals surface area contributed by atoms with Crippen LogP contribution in [0, 0.1) is 12.8 Å². The molecule has 25 heavy (non-hydrogen) atoms. The minimum atomic E-state index is -0.715. The number of aryl methyl sites for hydroxylation is 1. The number of hydrogen-bond donors (Lipinski definition) is 2. The molecule has 0 atom stereocenters. The van der Waals surface area contributed by atoms with Crippen LogP contribution in [0.5, 0.6) is 0 Å². The first-order valence-corrected chi connectivity index (χ1v) is 8.96. The number of carbonyl (C=O) groups excluding carboxylic acids is 2. The number of carbonyl (C=O) groups is 2. The summed E-state index contributed by atoms with van der Waals surface area (Å²) in [6.45, 7) is 6.08. The third kappa shape index (κ3) is 5.02. The van der Waals surface area contributed by atoms with Crippen molar-refractivity contribution in [2.45, 2.75) is 38.6 Å². The van der Waals surface area contributed by atoms with Gasteiger partial charge in [-0.25, -0.2) is 0 Å². The van der Waals surface area contributed by atoms with Crippen LogP contribution in [0.3, 0.4) is 0 Å². The van der Waals surface area contributed by atoms with Gasteiger partial charge in [0.15, 0.2) is 5.82 Å². The Bertz CT molecular complexity index is 589. The molecule has 2 aliphatic heterocycles. The van der Waals surface area contributed by atoms with E-state index in [-0.39, 0.29) is 5.82 Å². The second-order valence-corrected chi connectivity index (χ2v) is 6.81. The van der Waals surface area contributed by atoms with E-state index in [4.69, 9.17) is 9.26 Å². The highest BCUT2D eigenvalue weighted by Crippen LogP contribution is 2.22. The van der Waals surface area contributed by atoms with Crippen LogP contribution in [-0.4, -0.2) is 60.8 Å². The Morgan fingerprint density at radius 1 is 1.20 bits per heavy atom. The number of piperidine rings is 1. The molecule has 3 rings (SSSR count). The van der Waals surface area contributed by atoms with Crippen molar-refractivity contribution in [1.29, 1.82) is 0 Å². The van der Waals surface area contributed by atoms with Crippen LogP contribution in [0.4, 0.5) is 5.82 Å². The highest BCUT2D eigenvalue weighted by molar-refractivity contribution is 6.39. The quantitative estimate of drug-likeness (QED) is 0.784. The van der Waals surface area contributed by atoms with Crippen molar-refractivity contribution in [2.75, 3.05) is 38.2 Å². The minimum absolute atomic E-state index is 0.252. The molecule has 1 aromatic heterocycles. The second kappa shape index (κ2) is 8.44. The number of amides is 2. The zero-order chi connectivity index (χ0) is 17.6. The Morgan fingerprint density at radius 2 is 1.92 bits per heavy atom. The summed E-state index contributed by atoms with van der Waals surface area (Å²) in [6, 6.07) is 2.21. The standard InChI is InChI=1S/C17H26N4O4/c1-12-10-15(20-25-12)19-17(23)16(22)18-11-13-2-6-21(7-3-13)14-4-8-24-9-5-14/h10,13-14H,2-9,11H2,1H3,(H,18,22)(H,19,20,23). The van der Waals surface area contributed by atoms with Gasteiger partial charge >= 0.3 is 11.8 Å². The van der Waals surface area contributed by atoms with E-state index in [0.717, 1.165) is 52.0 Å². The van der Waals surface area contributed by atoms with Crippen LogP contribution in [0.2, 0.25) is 0 Å². The lowest BCUT2D eigenvalue weighted by Gasteiger charge is -2.39. The largest absolute Gasteiger partial charge is 0.381 e. The number of hydrogen-bond acceptors (Lipinski definition) is 6. The van der Waals surface area contributed by atoms with Gasteiger partial charge in [0.2, 0.25) is 0 Å². The van der Waals surface area contributed by atoms with E-state index >= 15 is 0 Å². The van der Waals surface area contributed by atoms with Gasteiger partial charge in [0.1, 0.15) is 5.76 Å². The van der Waals surface area contributed by atoms with Gasteiger partial charge < -0.3 is 19.5 Å². The van der Waals surface area contributed by atoms with Crippen LogP contribution < -0.4 is 10.6 Å². The average molecular weight is 350 g/mol. The molecule has 8 nitrogen and oxygen atoms in total. The van der Waals surface area contributed by atoms with E-state index in [0.29, 0.717) is 24.3 Å². The molecule has 0 bridgehead atoms. The molecule has 2 amide bonds. The first-order valence-electron chi connectivity index (χ1n) is 8.96. The Hall–Kier alpha value is -1.93. The number of nitrogens with one attached hydrogen (secondary N) is 2. The normalized spacial score (nSPS) is 20.4. The maximum absolute atomic E-state index is 11.9. The molecule has 138 valence electrons. The number of likely N-dealkylation sites (tertiary alicyclic amines) is 1. The van der Waals surface area contributed by atoms with Crippen molar-refractivity contribution in [2.24, 2.45) is 5.92 Å². The number of aromatic nitrogens is 1. The average Bonchev–Trinajstić information content (AvgIpc) is 3.05. The summed E-state index contributed by atoms with van der Waals surface area (Å²) in [7, 11) is 0. The van der Waals surface area contributed by atoms with E-state index < -0.39 is 11.8 Å². The van der Waals surface area contributed by atoms with E-state index in [1.165, 1.54) is 0 Å². The highest BCUT2D eigenvalue weighted by atomic mass is 16.5. The van der Waals surface area contributed by atoms with Crippen LogP contribution in [0.1, 0.15) is 31.4 Å². The minimum Gasteiger partial charge on any atom is -0.381 e. The van der Waals surface area contributed by atoms with Crippen LogP contribution >= 0.6 is 0 Å². The lowest BCUT2D eigenvalue weighted by Crippen LogP contribution is -2.46. The highest BCUT2D eigenvalue weighted by Gasteiger charge is 2.27. The van der Waals surface area contributed by atoms with E-state index in [1.54, 1.807) is 13.0 Å². The van der Waals surface area contributed by atoms with Gasteiger partial charge in [-0.3, -0.25) is 14.9 Å². The predicted molar refractivity (Wildman–Crippen MR) is 91.0 cm³/mol. The van der Waals surface area contributed by atoms with E-state index in [1.807, 2.05) is 0 Å². The Morgan fingerprint density at radius 3 is 2.56 bits per heavy atom. The fraction of sp³-hybridized carbons (Fsp3) is 0.706. The summed E-state index contributed by atoms with van der Waals surface area (Å²) in [5, 5.41) is 8.79. The molecule has 0 spiro atoms. The molecule has 2 N–H and O–H groups in total. The molecule has 2 saturated heterocycles. The zero-order valence-electron chi connectivity index (χ0n) is 14.6. The van der Waals surface area contributed by atoms with Gasteiger partial charge in [-0.15, -0.1) is 0 Å². The first kappa shape index (κ1) is 17.9. The summed E-state index contributed by atoms with van der Waals surface area (Å²) >= 11 is 0. The maximum Gasteiger partial charge on any atom is 0.314 e. The number of nitrogens with zero attached hydrogens (tertiary/aromatic N) is 2. The number of anilines is 1. The van der Waals surface area contributed by atoms with Crippen LogP contribution in [0.15, 0.2) is 10.6 Å². The zero-order valence-corrected chi connectivity index (χ0v) is 14.6. The Balaban J connectivity index is 1.36. The van der Waals surface area contributed by atoms with Crippen molar-refractivity contribution in [3.8, 4) is 0 Å². The molecular weight excluding hydrogens is 324 g/mol. The molecule has 0 aromatic carbocycles. The SMILES string of the molecule is Cc1cc(NC(=O)C(=O)NCC2CCN(C3CCOCC3)CC2)no1. The molecule has 1 aromatic rings. The smallest absolute Gasteiger partial charge is 0.314 e. The van der Waals surface area contributed by atoms with Gasteiger partial charge in [0.05, 0.1) is 0 Å². The van der Waals surface area contributed by atoms with Crippen molar-refractivity contribution in [3.63, 3.8) is 0 Å². The molecule has 0 radical (unpaired) electrons. The summed E-state index contributed by atoms with van der Waals surface area (Å²) < 4.78 is 10.3. The molecular formula is C17H26N4O4. The third-order valence-electron chi connectivity index (χ3n) is 4.98. The van der Waals surface area contributed by atoms with Crippen LogP contribution in [-0.2, 0) is 14.3 Å². The molecule has 3 heterocycles. The third-order valence-corrected chi connectivity index (χ3v) is 4.98. The van der Waals surface area contributed by atoms with Gasteiger partial charge in [0, 0.05) is 31.9 Å². The van der Waals surface area contributed by atoms with Crippen molar-refractivity contribution >= 4 is 17.6 Å². The van der Waals surface area contributed by atoms with Crippen molar-refractivity contribution in [1.82, 2.24) is 15.4 Å². The molecule has 0 unspecified atom stereocenters. The molecule has 0 aliphatic carbocycles. The van der Waals surface area contributed by atoms with Gasteiger partial charge in [0.25, 0.3) is 0 Å². The maximum atomic E-state index is 11.9. The number of rotatable bonds is 4. The predicted octanol–water partition coefficient (Wildman–Crippen LogP) is 0.929. The summed E-state index contributed by atoms with van der Waals surface area (Å²) in [6.07, 6.45) is 4.32. The molecule has 2 aliphatic rings. The fourth-order valence-electron chi connectivity index (χ4n) is 3.49. The van der Waals surface area contributed by atoms with Crippen molar-refractivity contribution < 1.29 is 18.8 Å². The lowest BCUT2D eigenvalue weighted by molar-refractivity contribution is -0.136. The van der Waals surface area contributed by atoms with Gasteiger partial charge in [-0.05, 0) is 51.6 Å². The Labute approximate surface area is 147 Å². The summed E-state index contributed by atoms with van der Waals surface area (Å²) in [4.78, 5) is 26.3. The van der Waals surface area contributed by atoms with Crippen molar-refractivity contribution in [3.05, 3.63) is 11.8 Å². The topological polar surface area (TPSA) is 96.7 Å². The summed E-state index contributed by atoms with van der Waals surface area (Å²) in [5.74, 6) is -0.1000. The number of ether oxygens (including phenoxy) is 1. The van der Waals surface area contributed by atoms with Gasteiger partial charge in [-0.1, -0.05) is 5.16 Å². The van der Waals surface area contributed by atoms with E-state index in [9.17, 15) is 9.59 Å². The lowest BCUT2D eigenvalue weighted by atomic mass is 9.94.